The number of Topliss-reactive ketones (excluding diaryl/α,β-unsaturated/α-hetero) is 1. The van der Waals surface area contributed by atoms with Gasteiger partial charge in [0.1, 0.15) is 5.78 Å². The summed E-state index contributed by atoms with van der Waals surface area (Å²) in [6.07, 6.45) is 3.79. The maximum atomic E-state index is 13.5. The number of allylic oxidation sites excluding steroid dienone is 1. The third kappa shape index (κ3) is 4.26. The van der Waals surface area contributed by atoms with Crippen molar-refractivity contribution in [3.8, 4) is 0 Å². The van der Waals surface area contributed by atoms with Crippen LogP contribution in [0.2, 0.25) is 0 Å². The lowest BCUT2D eigenvalue weighted by atomic mass is 9.66. The molecule has 0 fully saturated rings. The molecule has 1 atom stereocenters. The van der Waals surface area contributed by atoms with Crippen LogP contribution < -0.4 is 0 Å². The Labute approximate surface area is 152 Å². The first kappa shape index (κ1) is 19.1. The summed E-state index contributed by atoms with van der Waals surface area (Å²) in [5.74, 6) is 0.262. The standard InChI is InChI=1S/C23H29NO/c1-5-6-17-22(25)23(18-19(2)24(3)4,20-13-9-7-10-14-20)21-15-11-8-12-16-21/h5,7-16,19H,1,6,17-18H2,2-4H3/t19-/m1/s1. The third-order valence-corrected chi connectivity index (χ3v) is 5.07. The lowest BCUT2D eigenvalue weighted by Crippen LogP contribution is -2.43. The minimum absolute atomic E-state index is 0.262. The highest BCUT2D eigenvalue weighted by molar-refractivity contribution is 5.94. The van der Waals surface area contributed by atoms with E-state index in [2.05, 4.69) is 56.8 Å². The Balaban J connectivity index is 2.64. The highest BCUT2D eigenvalue weighted by Gasteiger charge is 2.42. The molecule has 25 heavy (non-hydrogen) atoms. The lowest BCUT2D eigenvalue weighted by Gasteiger charge is -2.37. The first-order valence-corrected chi connectivity index (χ1v) is 8.94. The van der Waals surface area contributed by atoms with Crippen molar-refractivity contribution >= 4 is 5.78 Å². The van der Waals surface area contributed by atoms with Crippen LogP contribution in [0.3, 0.4) is 0 Å². The molecule has 0 aliphatic rings. The van der Waals surface area contributed by atoms with E-state index in [4.69, 9.17) is 0 Å². The highest BCUT2D eigenvalue weighted by atomic mass is 16.1. The van der Waals surface area contributed by atoms with E-state index in [9.17, 15) is 4.79 Å². The van der Waals surface area contributed by atoms with E-state index in [0.29, 0.717) is 12.8 Å². The van der Waals surface area contributed by atoms with Gasteiger partial charge in [0.2, 0.25) is 0 Å². The van der Waals surface area contributed by atoms with Crippen LogP contribution in [0.1, 0.15) is 37.3 Å². The summed E-state index contributed by atoms with van der Waals surface area (Å²) in [5, 5.41) is 0. The van der Waals surface area contributed by atoms with Gasteiger partial charge in [0.05, 0.1) is 5.41 Å². The maximum Gasteiger partial charge on any atom is 0.148 e. The SMILES string of the molecule is C=CCCC(=O)C(C[C@@H](C)N(C)C)(c1ccccc1)c1ccccc1. The molecule has 2 aromatic rings. The third-order valence-electron chi connectivity index (χ3n) is 5.07. The number of carbonyl (C=O) groups is 1. The molecule has 132 valence electrons. The van der Waals surface area contributed by atoms with Gasteiger partial charge in [0.25, 0.3) is 0 Å². The van der Waals surface area contributed by atoms with Crippen molar-refractivity contribution in [2.24, 2.45) is 0 Å². The van der Waals surface area contributed by atoms with Gasteiger partial charge in [0, 0.05) is 12.5 Å². The van der Waals surface area contributed by atoms with Gasteiger partial charge in [-0.05, 0) is 45.0 Å². The Kier molecular flexibility index (Phi) is 6.72. The average Bonchev–Trinajstić information content (AvgIpc) is 2.65. The molecule has 2 aromatic carbocycles. The summed E-state index contributed by atoms with van der Waals surface area (Å²) < 4.78 is 0. The summed E-state index contributed by atoms with van der Waals surface area (Å²) in [6, 6.07) is 20.7. The summed E-state index contributed by atoms with van der Waals surface area (Å²) in [5.41, 5.74) is 1.52. The fourth-order valence-electron chi connectivity index (χ4n) is 3.36. The predicted octanol–water partition coefficient (Wildman–Crippen LogP) is 4.85. The summed E-state index contributed by atoms with van der Waals surface area (Å²) in [6.45, 7) is 5.97. The molecule has 0 spiro atoms. The van der Waals surface area contributed by atoms with Crippen molar-refractivity contribution in [3.05, 3.63) is 84.4 Å². The Morgan fingerprint density at radius 2 is 1.52 bits per heavy atom. The average molecular weight is 335 g/mol. The molecular formula is C23H29NO. The van der Waals surface area contributed by atoms with E-state index in [-0.39, 0.29) is 11.8 Å². The molecule has 2 heteroatoms. The molecule has 0 heterocycles. The van der Waals surface area contributed by atoms with Gasteiger partial charge in [-0.3, -0.25) is 4.79 Å². The zero-order chi connectivity index (χ0) is 18.3. The summed E-state index contributed by atoms with van der Waals surface area (Å²) >= 11 is 0. The number of hydrogen-bond donors (Lipinski definition) is 0. The smallest absolute Gasteiger partial charge is 0.148 e. The number of ketones is 1. The fourth-order valence-corrected chi connectivity index (χ4v) is 3.36. The molecule has 0 saturated carbocycles. The molecule has 0 amide bonds. The largest absolute Gasteiger partial charge is 0.307 e. The Morgan fingerprint density at radius 3 is 1.92 bits per heavy atom. The van der Waals surface area contributed by atoms with Gasteiger partial charge >= 0.3 is 0 Å². The monoisotopic (exact) mass is 335 g/mol. The molecule has 0 unspecified atom stereocenters. The van der Waals surface area contributed by atoms with Crippen LogP contribution in [-0.4, -0.2) is 30.8 Å². The fraction of sp³-hybridized carbons (Fsp3) is 0.348. The highest BCUT2D eigenvalue weighted by Crippen LogP contribution is 2.39. The van der Waals surface area contributed by atoms with E-state index >= 15 is 0 Å². The van der Waals surface area contributed by atoms with Crippen LogP contribution in [0, 0.1) is 0 Å². The minimum atomic E-state index is -0.630. The molecule has 0 bridgehead atoms. The van der Waals surface area contributed by atoms with Gasteiger partial charge in [-0.2, -0.15) is 0 Å². The summed E-state index contributed by atoms with van der Waals surface area (Å²) in [7, 11) is 4.14. The molecule has 0 saturated heterocycles. The maximum absolute atomic E-state index is 13.5. The zero-order valence-electron chi connectivity index (χ0n) is 15.6. The number of nitrogens with zero attached hydrogens (tertiary/aromatic N) is 1. The van der Waals surface area contributed by atoms with Gasteiger partial charge in [-0.15, -0.1) is 6.58 Å². The van der Waals surface area contributed by atoms with Gasteiger partial charge in [0.15, 0.2) is 0 Å². The molecule has 2 rings (SSSR count). The van der Waals surface area contributed by atoms with Crippen molar-refractivity contribution in [1.29, 1.82) is 0 Å². The second-order valence-electron chi connectivity index (χ2n) is 6.90. The quantitative estimate of drug-likeness (QED) is 0.611. The van der Waals surface area contributed by atoms with Gasteiger partial charge in [-0.25, -0.2) is 0 Å². The molecule has 0 aromatic heterocycles. The van der Waals surface area contributed by atoms with E-state index in [0.717, 1.165) is 17.5 Å². The van der Waals surface area contributed by atoms with Crippen LogP contribution in [0.4, 0.5) is 0 Å². The number of rotatable bonds is 9. The summed E-state index contributed by atoms with van der Waals surface area (Å²) in [4.78, 5) is 15.7. The predicted molar refractivity (Wildman–Crippen MR) is 106 cm³/mol. The molecule has 0 aliphatic carbocycles. The number of hydrogen-bond acceptors (Lipinski definition) is 2. The lowest BCUT2D eigenvalue weighted by molar-refractivity contribution is -0.123. The Morgan fingerprint density at radius 1 is 1.04 bits per heavy atom. The van der Waals surface area contributed by atoms with Gasteiger partial charge in [-0.1, -0.05) is 66.7 Å². The molecule has 0 N–H and O–H groups in total. The molecule has 2 nitrogen and oxygen atoms in total. The minimum Gasteiger partial charge on any atom is -0.307 e. The first-order chi connectivity index (χ1) is 12.0. The van der Waals surface area contributed by atoms with Crippen molar-refractivity contribution < 1.29 is 4.79 Å². The first-order valence-electron chi connectivity index (χ1n) is 8.94. The van der Waals surface area contributed by atoms with Crippen molar-refractivity contribution in [2.45, 2.75) is 37.6 Å². The number of benzene rings is 2. The van der Waals surface area contributed by atoms with Crippen molar-refractivity contribution in [2.75, 3.05) is 14.1 Å². The van der Waals surface area contributed by atoms with Crippen molar-refractivity contribution in [3.63, 3.8) is 0 Å². The number of carbonyl (C=O) groups excluding carboxylic acids is 1. The Bertz CT molecular complexity index is 636. The second-order valence-corrected chi connectivity index (χ2v) is 6.90. The van der Waals surface area contributed by atoms with Crippen LogP contribution in [0.5, 0.6) is 0 Å². The Hall–Kier alpha value is -2.19. The van der Waals surface area contributed by atoms with Crippen LogP contribution >= 0.6 is 0 Å². The van der Waals surface area contributed by atoms with Crippen LogP contribution in [0.25, 0.3) is 0 Å². The van der Waals surface area contributed by atoms with E-state index < -0.39 is 5.41 Å². The van der Waals surface area contributed by atoms with E-state index in [1.54, 1.807) is 0 Å². The van der Waals surface area contributed by atoms with Crippen molar-refractivity contribution in [1.82, 2.24) is 4.90 Å². The second kappa shape index (κ2) is 8.77. The molecule has 0 aliphatic heterocycles. The van der Waals surface area contributed by atoms with Gasteiger partial charge < -0.3 is 4.90 Å². The normalized spacial score (nSPS) is 12.8. The zero-order valence-corrected chi connectivity index (χ0v) is 15.6. The van der Waals surface area contributed by atoms with E-state index in [1.165, 1.54) is 0 Å². The van der Waals surface area contributed by atoms with E-state index in [1.807, 2.05) is 42.5 Å². The van der Waals surface area contributed by atoms with Crippen LogP contribution in [-0.2, 0) is 10.2 Å². The topological polar surface area (TPSA) is 20.3 Å². The molecule has 0 radical (unpaired) electrons. The van der Waals surface area contributed by atoms with Crippen LogP contribution in [0.15, 0.2) is 73.3 Å². The molecular weight excluding hydrogens is 306 g/mol.